The number of carbonyl (C=O) groups is 2. The van der Waals surface area contributed by atoms with Crippen LogP contribution in [0.15, 0.2) is 47.1 Å². The van der Waals surface area contributed by atoms with Gasteiger partial charge in [-0.15, -0.1) is 0 Å². The zero-order chi connectivity index (χ0) is 15.1. The first-order valence-electron chi connectivity index (χ1n) is 6.22. The number of rotatable bonds is 6. The molecule has 0 bridgehead atoms. The fourth-order valence-corrected chi connectivity index (χ4v) is 1.58. The molecule has 0 fully saturated rings. The summed E-state index contributed by atoms with van der Waals surface area (Å²) in [5.41, 5.74) is 2.44. The van der Waals surface area contributed by atoms with Crippen LogP contribution >= 0.6 is 0 Å². The number of carbonyl (C=O) groups excluding carboxylic acids is 2. The number of benzene rings is 1. The van der Waals surface area contributed by atoms with E-state index in [1.807, 2.05) is 5.43 Å². The maximum absolute atomic E-state index is 11.6. The minimum atomic E-state index is -0.391. The van der Waals surface area contributed by atoms with Crippen LogP contribution in [0.1, 0.15) is 16.1 Å². The number of hydrazine groups is 1. The van der Waals surface area contributed by atoms with Gasteiger partial charge in [0.2, 0.25) is 0 Å². The number of nitrogens with two attached hydrogens (primary N) is 1. The zero-order valence-corrected chi connectivity index (χ0v) is 11.2. The molecule has 0 saturated heterocycles. The van der Waals surface area contributed by atoms with Gasteiger partial charge in [-0.05, 0) is 36.4 Å². The lowest BCUT2D eigenvalue weighted by molar-refractivity contribution is -0.123. The lowest BCUT2D eigenvalue weighted by atomic mass is 10.2. The Kier molecular flexibility index (Phi) is 4.94. The summed E-state index contributed by atoms with van der Waals surface area (Å²) in [5.74, 6) is 5.51. The predicted octanol–water partition coefficient (Wildman–Crippen LogP) is 0.578. The maximum atomic E-state index is 11.6. The Bertz CT molecular complexity index is 593. The van der Waals surface area contributed by atoms with E-state index in [0.29, 0.717) is 23.6 Å². The molecule has 1 heterocycles. The number of nitrogens with one attached hydrogen (secondary N) is 2. The van der Waals surface area contributed by atoms with Crippen LogP contribution in [0, 0.1) is 0 Å². The zero-order valence-electron chi connectivity index (χ0n) is 11.2. The van der Waals surface area contributed by atoms with Crippen molar-refractivity contribution in [3.8, 4) is 5.75 Å². The van der Waals surface area contributed by atoms with Gasteiger partial charge in [0.25, 0.3) is 11.8 Å². The molecule has 0 unspecified atom stereocenters. The summed E-state index contributed by atoms with van der Waals surface area (Å²) >= 11 is 0. The summed E-state index contributed by atoms with van der Waals surface area (Å²) in [7, 11) is 0. The lowest BCUT2D eigenvalue weighted by Gasteiger charge is -2.07. The second kappa shape index (κ2) is 7.11. The van der Waals surface area contributed by atoms with Crippen molar-refractivity contribution < 1.29 is 18.7 Å². The molecule has 1 aromatic carbocycles. The van der Waals surface area contributed by atoms with Gasteiger partial charge in [-0.3, -0.25) is 15.0 Å². The summed E-state index contributed by atoms with van der Waals surface area (Å²) in [6, 6.07) is 9.80. The molecule has 110 valence electrons. The molecule has 0 aliphatic rings. The molecule has 0 radical (unpaired) electrons. The van der Waals surface area contributed by atoms with Gasteiger partial charge in [-0.25, -0.2) is 5.84 Å². The Morgan fingerprint density at radius 2 is 1.95 bits per heavy atom. The van der Waals surface area contributed by atoms with Gasteiger partial charge in [0.1, 0.15) is 11.5 Å². The molecule has 2 amide bonds. The van der Waals surface area contributed by atoms with Crippen LogP contribution in [0.25, 0.3) is 0 Å². The molecule has 0 spiro atoms. The third-order valence-corrected chi connectivity index (χ3v) is 2.66. The van der Waals surface area contributed by atoms with Crippen molar-refractivity contribution in [1.29, 1.82) is 0 Å². The molecule has 2 aromatic rings. The van der Waals surface area contributed by atoms with Gasteiger partial charge in [-0.2, -0.15) is 0 Å². The number of furan rings is 1. The molecule has 2 rings (SSSR count). The lowest BCUT2D eigenvalue weighted by Crippen LogP contribution is -2.30. The molecule has 4 N–H and O–H groups in total. The summed E-state index contributed by atoms with van der Waals surface area (Å²) < 4.78 is 10.4. The van der Waals surface area contributed by atoms with E-state index in [-0.39, 0.29) is 12.5 Å². The first kappa shape index (κ1) is 14.6. The molecule has 21 heavy (non-hydrogen) atoms. The van der Waals surface area contributed by atoms with Crippen LogP contribution in [-0.2, 0) is 11.3 Å². The van der Waals surface area contributed by atoms with E-state index in [2.05, 4.69) is 5.32 Å². The minimum absolute atomic E-state index is 0.122. The van der Waals surface area contributed by atoms with Gasteiger partial charge < -0.3 is 14.5 Å². The Morgan fingerprint density at radius 1 is 1.19 bits per heavy atom. The summed E-state index contributed by atoms with van der Waals surface area (Å²) in [4.78, 5) is 22.8. The second-order valence-electron chi connectivity index (χ2n) is 4.14. The monoisotopic (exact) mass is 289 g/mol. The third-order valence-electron chi connectivity index (χ3n) is 2.66. The van der Waals surface area contributed by atoms with E-state index < -0.39 is 5.91 Å². The number of hydrogen-bond donors (Lipinski definition) is 3. The quantitative estimate of drug-likeness (QED) is 0.409. The van der Waals surface area contributed by atoms with E-state index in [9.17, 15) is 9.59 Å². The van der Waals surface area contributed by atoms with Gasteiger partial charge >= 0.3 is 0 Å². The average Bonchev–Trinajstić information content (AvgIpc) is 3.04. The Morgan fingerprint density at radius 3 is 2.57 bits per heavy atom. The fraction of sp³-hybridized carbons (Fsp3) is 0.143. The van der Waals surface area contributed by atoms with E-state index in [1.165, 1.54) is 6.26 Å². The number of amides is 2. The normalized spacial score (nSPS) is 9.95. The Balaban J connectivity index is 1.77. The van der Waals surface area contributed by atoms with Crippen LogP contribution < -0.4 is 21.3 Å². The van der Waals surface area contributed by atoms with Gasteiger partial charge in [-0.1, -0.05) is 0 Å². The van der Waals surface area contributed by atoms with E-state index in [0.717, 1.165) is 0 Å². The predicted molar refractivity (Wildman–Crippen MR) is 74.1 cm³/mol. The first-order valence-corrected chi connectivity index (χ1v) is 6.22. The van der Waals surface area contributed by atoms with Crippen LogP contribution in [0.2, 0.25) is 0 Å². The number of nitrogen functional groups attached to an aromatic ring is 1. The van der Waals surface area contributed by atoms with Crippen molar-refractivity contribution in [3.05, 3.63) is 54.0 Å². The molecular formula is C14H15N3O4. The Hall–Kier alpha value is -2.80. The van der Waals surface area contributed by atoms with Crippen molar-refractivity contribution >= 4 is 11.8 Å². The first-order chi connectivity index (χ1) is 10.2. The average molecular weight is 289 g/mol. The van der Waals surface area contributed by atoms with Crippen molar-refractivity contribution in [3.63, 3.8) is 0 Å². The van der Waals surface area contributed by atoms with Crippen molar-refractivity contribution in [2.24, 2.45) is 5.84 Å². The maximum Gasteiger partial charge on any atom is 0.265 e. The highest BCUT2D eigenvalue weighted by Gasteiger charge is 2.06. The summed E-state index contributed by atoms with van der Waals surface area (Å²) in [6.45, 7) is 0.188. The minimum Gasteiger partial charge on any atom is -0.484 e. The van der Waals surface area contributed by atoms with Gasteiger partial charge in [0, 0.05) is 5.56 Å². The Labute approximate surface area is 121 Å². The highest BCUT2D eigenvalue weighted by molar-refractivity contribution is 5.93. The van der Waals surface area contributed by atoms with Gasteiger partial charge in [0.15, 0.2) is 6.61 Å². The van der Waals surface area contributed by atoms with Crippen molar-refractivity contribution in [1.82, 2.24) is 10.7 Å². The summed E-state index contributed by atoms with van der Waals surface area (Å²) in [6.07, 6.45) is 1.54. The topological polar surface area (TPSA) is 107 Å². The third kappa shape index (κ3) is 4.36. The largest absolute Gasteiger partial charge is 0.484 e. The smallest absolute Gasteiger partial charge is 0.265 e. The van der Waals surface area contributed by atoms with Crippen LogP contribution in [0.4, 0.5) is 0 Å². The van der Waals surface area contributed by atoms with Crippen LogP contribution in [0.5, 0.6) is 5.75 Å². The second-order valence-corrected chi connectivity index (χ2v) is 4.14. The van der Waals surface area contributed by atoms with Crippen LogP contribution in [-0.4, -0.2) is 18.4 Å². The molecule has 0 saturated carbocycles. The van der Waals surface area contributed by atoms with E-state index in [4.69, 9.17) is 15.0 Å². The molecule has 1 aromatic heterocycles. The molecule has 0 aliphatic heterocycles. The standard InChI is InChI=1S/C14H15N3O4/c15-17-14(19)10-3-5-11(6-4-10)21-9-13(18)16-8-12-2-1-7-20-12/h1-7H,8-9,15H2,(H,16,18)(H,17,19). The van der Waals surface area contributed by atoms with Crippen LogP contribution in [0.3, 0.4) is 0 Å². The summed E-state index contributed by atoms with van der Waals surface area (Å²) in [5, 5.41) is 2.66. The molecular weight excluding hydrogens is 274 g/mol. The molecule has 7 nitrogen and oxygen atoms in total. The number of ether oxygens (including phenoxy) is 1. The molecule has 7 heteroatoms. The number of hydrogen-bond acceptors (Lipinski definition) is 5. The fourth-order valence-electron chi connectivity index (χ4n) is 1.58. The van der Waals surface area contributed by atoms with E-state index >= 15 is 0 Å². The SMILES string of the molecule is NNC(=O)c1ccc(OCC(=O)NCc2ccco2)cc1. The van der Waals surface area contributed by atoms with Gasteiger partial charge in [0.05, 0.1) is 12.8 Å². The highest BCUT2D eigenvalue weighted by Crippen LogP contribution is 2.11. The van der Waals surface area contributed by atoms with Crippen molar-refractivity contribution in [2.75, 3.05) is 6.61 Å². The van der Waals surface area contributed by atoms with Crippen molar-refractivity contribution in [2.45, 2.75) is 6.54 Å². The highest BCUT2D eigenvalue weighted by atomic mass is 16.5. The molecule has 0 atom stereocenters. The van der Waals surface area contributed by atoms with E-state index in [1.54, 1.807) is 36.4 Å². The molecule has 0 aliphatic carbocycles.